The van der Waals surface area contributed by atoms with Gasteiger partial charge in [0.25, 0.3) is 5.91 Å². The molecule has 0 radical (unpaired) electrons. The lowest BCUT2D eigenvalue weighted by Gasteiger charge is -2.11. The number of rotatable bonds is 4. The standard InChI is InChI=1S/C11H18N4O2/c1-7-9(10(12)16)11(15(2)14-7)17-6-8-3-4-13-5-8/h8,13H,3-6H2,1-2H3,(H2,12,16). The van der Waals surface area contributed by atoms with Crippen LogP contribution in [0.15, 0.2) is 0 Å². The highest BCUT2D eigenvalue weighted by atomic mass is 16.5. The van der Waals surface area contributed by atoms with Crippen LogP contribution < -0.4 is 15.8 Å². The summed E-state index contributed by atoms with van der Waals surface area (Å²) in [5.41, 5.74) is 6.33. The van der Waals surface area contributed by atoms with E-state index in [1.807, 2.05) is 0 Å². The van der Waals surface area contributed by atoms with Gasteiger partial charge in [-0.15, -0.1) is 0 Å². The number of carbonyl (C=O) groups is 1. The van der Waals surface area contributed by atoms with Gasteiger partial charge in [-0.05, 0) is 19.9 Å². The molecule has 1 atom stereocenters. The van der Waals surface area contributed by atoms with Crippen molar-refractivity contribution in [1.29, 1.82) is 0 Å². The van der Waals surface area contributed by atoms with Crippen LogP contribution >= 0.6 is 0 Å². The van der Waals surface area contributed by atoms with Crippen molar-refractivity contribution < 1.29 is 9.53 Å². The van der Waals surface area contributed by atoms with Gasteiger partial charge in [0.1, 0.15) is 5.56 Å². The minimum Gasteiger partial charge on any atom is -0.477 e. The third-order valence-corrected chi connectivity index (χ3v) is 3.03. The maximum atomic E-state index is 11.3. The van der Waals surface area contributed by atoms with E-state index in [4.69, 9.17) is 10.5 Å². The molecule has 1 unspecified atom stereocenters. The molecule has 0 aromatic carbocycles. The molecule has 0 spiro atoms. The van der Waals surface area contributed by atoms with Crippen LogP contribution in [0, 0.1) is 12.8 Å². The van der Waals surface area contributed by atoms with E-state index in [1.54, 1.807) is 18.7 Å². The van der Waals surface area contributed by atoms with E-state index in [1.165, 1.54) is 0 Å². The second-order valence-corrected chi connectivity index (χ2v) is 4.42. The smallest absolute Gasteiger partial charge is 0.256 e. The second-order valence-electron chi connectivity index (χ2n) is 4.42. The van der Waals surface area contributed by atoms with E-state index in [0.717, 1.165) is 19.5 Å². The molecule has 6 nitrogen and oxygen atoms in total. The normalized spacial score (nSPS) is 19.5. The van der Waals surface area contributed by atoms with Crippen molar-refractivity contribution in [3.8, 4) is 5.88 Å². The number of amides is 1. The summed E-state index contributed by atoms with van der Waals surface area (Å²) in [6.45, 7) is 4.33. The Balaban J connectivity index is 2.11. The fraction of sp³-hybridized carbons (Fsp3) is 0.636. The molecular weight excluding hydrogens is 220 g/mol. The molecular formula is C11H18N4O2. The number of hydrogen-bond donors (Lipinski definition) is 2. The van der Waals surface area contributed by atoms with Crippen LogP contribution in [0.25, 0.3) is 0 Å². The van der Waals surface area contributed by atoms with Gasteiger partial charge in [0, 0.05) is 19.5 Å². The third kappa shape index (κ3) is 2.41. The van der Waals surface area contributed by atoms with Crippen molar-refractivity contribution in [1.82, 2.24) is 15.1 Å². The fourth-order valence-electron chi connectivity index (χ4n) is 2.14. The van der Waals surface area contributed by atoms with Gasteiger partial charge in [-0.3, -0.25) is 4.79 Å². The second kappa shape index (κ2) is 4.75. The quantitative estimate of drug-likeness (QED) is 0.762. The molecule has 0 saturated carbocycles. The third-order valence-electron chi connectivity index (χ3n) is 3.03. The molecule has 1 aromatic rings. The van der Waals surface area contributed by atoms with Crippen molar-refractivity contribution in [2.75, 3.05) is 19.7 Å². The number of ether oxygens (including phenoxy) is 1. The molecule has 0 aliphatic carbocycles. The van der Waals surface area contributed by atoms with Crippen LogP contribution in [-0.2, 0) is 7.05 Å². The summed E-state index contributed by atoms with van der Waals surface area (Å²) in [7, 11) is 1.75. The number of aryl methyl sites for hydroxylation is 2. The summed E-state index contributed by atoms with van der Waals surface area (Å²) < 4.78 is 7.26. The Labute approximate surface area is 100 Å². The summed E-state index contributed by atoms with van der Waals surface area (Å²) in [6.07, 6.45) is 1.10. The zero-order valence-corrected chi connectivity index (χ0v) is 10.2. The Hall–Kier alpha value is -1.56. The molecule has 1 fully saturated rings. The molecule has 94 valence electrons. The summed E-state index contributed by atoms with van der Waals surface area (Å²) >= 11 is 0. The monoisotopic (exact) mass is 238 g/mol. The summed E-state index contributed by atoms with van der Waals surface area (Å²) in [4.78, 5) is 11.3. The highest BCUT2D eigenvalue weighted by Gasteiger charge is 2.21. The lowest BCUT2D eigenvalue weighted by atomic mass is 10.1. The minimum atomic E-state index is -0.491. The maximum absolute atomic E-state index is 11.3. The fourth-order valence-corrected chi connectivity index (χ4v) is 2.14. The highest BCUT2D eigenvalue weighted by Crippen LogP contribution is 2.22. The SMILES string of the molecule is Cc1nn(C)c(OCC2CCNC2)c1C(N)=O. The number of nitrogens with zero attached hydrogens (tertiary/aromatic N) is 2. The number of nitrogens with two attached hydrogens (primary N) is 1. The van der Waals surface area contributed by atoms with Crippen LogP contribution in [0.2, 0.25) is 0 Å². The first kappa shape index (κ1) is 11.9. The van der Waals surface area contributed by atoms with Crippen LogP contribution in [-0.4, -0.2) is 35.4 Å². The molecule has 2 heterocycles. The van der Waals surface area contributed by atoms with Gasteiger partial charge >= 0.3 is 0 Å². The largest absolute Gasteiger partial charge is 0.477 e. The number of aromatic nitrogens is 2. The predicted octanol–water partition coefficient (Wildman–Crippen LogP) is -0.184. The van der Waals surface area contributed by atoms with Crippen molar-refractivity contribution in [3.05, 3.63) is 11.3 Å². The van der Waals surface area contributed by atoms with Crippen molar-refractivity contribution in [3.63, 3.8) is 0 Å². The van der Waals surface area contributed by atoms with Crippen LogP contribution in [0.5, 0.6) is 5.88 Å². The van der Waals surface area contributed by atoms with Crippen molar-refractivity contribution in [2.24, 2.45) is 18.7 Å². The Morgan fingerprint density at radius 3 is 3.06 bits per heavy atom. The Bertz CT molecular complexity index is 421. The highest BCUT2D eigenvalue weighted by molar-refractivity contribution is 5.96. The van der Waals surface area contributed by atoms with Crippen molar-refractivity contribution in [2.45, 2.75) is 13.3 Å². The zero-order chi connectivity index (χ0) is 12.4. The van der Waals surface area contributed by atoms with E-state index >= 15 is 0 Å². The van der Waals surface area contributed by atoms with Gasteiger partial charge < -0.3 is 15.8 Å². The van der Waals surface area contributed by atoms with E-state index in [-0.39, 0.29) is 0 Å². The number of hydrogen-bond acceptors (Lipinski definition) is 4. The summed E-state index contributed by atoms with van der Waals surface area (Å²) in [5, 5.41) is 7.42. The van der Waals surface area contributed by atoms with Gasteiger partial charge in [0.15, 0.2) is 0 Å². The number of carbonyl (C=O) groups excluding carboxylic acids is 1. The average molecular weight is 238 g/mol. The average Bonchev–Trinajstić information content (AvgIpc) is 2.83. The number of nitrogens with one attached hydrogen (secondary N) is 1. The molecule has 1 aliphatic rings. The van der Waals surface area contributed by atoms with E-state index < -0.39 is 5.91 Å². The Morgan fingerprint density at radius 1 is 1.71 bits per heavy atom. The first-order valence-electron chi connectivity index (χ1n) is 5.76. The van der Waals surface area contributed by atoms with Gasteiger partial charge in [0.05, 0.1) is 12.3 Å². The van der Waals surface area contributed by atoms with E-state index in [9.17, 15) is 4.79 Å². The van der Waals surface area contributed by atoms with Crippen LogP contribution in [0.1, 0.15) is 22.5 Å². The molecule has 1 aliphatic heterocycles. The van der Waals surface area contributed by atoms with Gasteiger partial charge in [-0.25, -0.2) is 4.68 Å². The Kier molecular flexibility index (Phi) is 3.33. The summed E-state index contributed by atoms with van der Waals surface area (Å²) in [5.74, 6) is 0.475. The predicted molar refractivity (Wildman–Crippen MR) is 62.9 cm³/mol. The van der Waals surface area contributed by atoms with Gasteiger partial charge in [0.2, 0.25) is 5.88 Å². The first-order valence-corrected chi connectivity index (χ1v) is 5.76. The molecule has 3 N–H and O–H groups in total. The molecule has 1 amide bonds. The lowest BCUT2D eigenvalue weighted by molar-refractivity contribution is 0.0994. The first-order chi connectivity index (χ1) is 8.09. The number of primary amides is 1. The van der Waals surface area contributed by atoms with E-state index in [0.29, 0.717) is 29.7 Å². The zero-order valence-electron chi connectivity index (χ0n) is 10.2. The maximum Gasteiger partial charge on any atom is 0.256 e. The Morgan fingerprint density at radius 2 is 2.47 bits per heavy atom. The molecule has 0 bridgehead atoms. The lowest BCUT2D eigenvalue weighted by Crippen LogP contribution is -2.19. The van der Waals surface area contributed by atoms with Crippen LogP contribution in [0.4, 0.5) is 0 Å². The molecule has 2 rings (SSSR count). The van der Waals surface area contributed by atoms with Gasteiger partial charge in [-0.1, -0.05) is 0 Å². The summed E-state index contributed by atoms with van der Waals surface area (Å²) in [6, 6.07) is 0. The molecule has 1 aromatic heterocycles. The van der Waals surface area contributed by atoms with Gasteiger partial charge in [-0.2, -0.15) is 5.10 Å². The minimum absolute atomic E-state index is 0.387. The topological polar surface area (TPSA) is 82.2 Å². The molecule has 17 heavy (non-hydrogen) atoms. The molecule has 1 saturated heterocycles. The van der Waals surface area contributed by atoms with Crippen LogP contribution in [0.3, 0.4) is 0 Å². The van der Waals surface area contributed by atoms with Crippen molar-refractivity contribution >= 4 is 5.91 Å². The van der Waals surface area contributed by atoms with E-state index in [2.05, 4.69) is 10.4 Å². The molecule has 6 heteroatoms.